The second kappa shape index (κ2) is 7.59. The van der Waals surface area contributed by atoms with Gasteiger partial charge in [0, 0.05) is 23.1 Å². The zero-order chi connectivity index (χ0) is 16.1. The van der Waals surface area contributed by atoms with Gasteiger partial charge in [-0.15, -0.1) is 0 Å². The highest BCUT2D eigenvalue weighted by atomic mass is 79.9. The highest BCUT2D eigenvalue weighted by molar-refractivity contribution is 9.10. The van der Waals surface area contributed by atoms with Crippen LogP contribution >= 0.6 is 15.9 Å². The van der Waals surface area contributed by atoms with Gasteiger partial charge in [-0.05, 0) is 25.0 Å². The monoisotopic (exact) mass is 376 g/mol. The SMILES string of the molecule is CN=C(NCc1nc(-c2ccc(Br)cc2)n[nH]1)NC1CCCC1. The van der Waals surface area contributed by atoms with Crippen LogP contribution in [0.4, 0.5) is 0 Å². The molecule has 1 saturated carbocycles. The van der Waals surface area contributed by atoms with Crippen molar-refractivity contribution in [2.45, 2.75) is 38.3 Å². The molecular weight excluding hydrogens is 356 g/mol. The number of guanidine groups is 1. The molecule has 0 radical (unpaired) electrons. The van der Waals surface area contributed by atoms with E-state index < -0.39 is 0 Å². The third kappa shape index (κ3) is 4.31. The molecule has 3 rings (SSSR count). The van der Waals surface area contributed by atoms with Crippen molar-refractivity contribution in [3.05, 3.63) is 34.6 Å². The van der Waals surface area contributed by atoms with Crippen molar-refractivity contribution in [2.75, 3.05) is 7.05 Å². The van der Waals surface area contributed by atoms with Crippen LogP contribution in [-0.4, -0.2) is 34.2 Å². The number of H-pyrrole nitrogens is 1. The first-order chi connectivity index (χ1) is 11.2. The lowest BCUT2D eigenvalue weighted by Gasteiger charge is -2.16. The molecular formula is C16H21BrN6. The molecule has 0 aliphatic heterocycles. The van der Waals surface area contributed by atoms with Gasteiger partial charge in [0.15, 0.2) is 11.8 Å². The summed E-state index contributed by atoms with van der Waals surface area (Å²) in [7, 11) is 1.79. The van der Waals surface area contributed by atoms with Gasteiger partial charge in [0.25, 0.3) is 0 Å². The maximum atomic E-state index is 4.52. The van der Waals surface area contributed by atoms with Gasteiger partial charge in [-0.25, -0.2) is 4.98 Å². The Kier molecular flexibility index (Phi) is 5.27. The van der Waals surface area contributed by atoms with Gasteiger partial charge in [-0.1, -0.05) is 40.9 Å². The van der Waals surface area contributed by atoms with Gasteiger partial charge in [0.05, 0.1) is 6.54 Å². The summed E-state index contributed by atoms with van der Waals surface area (Å²) >= 11 is 3.43. The molecule has 0 spiro atoms. The first kappa shape index (κ1) is 16.0. The minimum Gasteiger partial charge on any atom is -0.354 e. The molecule has 0 saturated heterocycles. The fourth-order valence-electron chi connectivity index (χ4n) is 2.73. The quantitative estimate of drug-likeness (QED) is 0.566. The summed E-state index contributed by atoms with van der Waals surface area (Å²) in [6, 6.07) is 8.48. The van der Waals surface area contributed by atoms with Crippen molar-refractivity contribution in [1.82, 2.24) is 25.8 Å². The number of benzene rings is 1. The van der Waals surface area contributed by atoms with Gasteiger partial charge < -0.3 is 10.6 Å². The van der Waals surface area contributed by atoms with E-state index in [1.807, 2.05) is 24.3 Å². The molecule has 6 nitrogen and oxygen atoms in total. The summed E-state index contributed by atoms with van der Waals surface area (Å²) in [5.74, 6) is 2.31. The molecule has 23 heavy (non-hydrogen) atoms. The predicted molar refractivity (Wildman–Crippen MR) is 95.1 cm³/mol. The Morgan fingerprint density at radius 3 is 2.74 bits per heavy atom. The molecule has 122 valence electrons. The Balaban J connectivity index is 1.57. The van der Waals surface area contributed by atoms with Gasteiger partial charge in [0.2, 0.25) is 0 Å². The number of aromatic amines is 1. The number of hydrogen-bond acceptors (Lipinski definition) is 3. The first-order valence-electron chi connectivity index (χ1n) is 7.89. The number of nitrogens with zero attached hydrogens (tertiary/aromatic N) is 3. The van der Waals surface area contributed by atoms with E-state index in [2.05, 4.69) is 46.7 Å². The third-order valence-electron chi connectivity index (χ3n) is 3.98. The Labute approximate surface area is 144 Å². The Hall–Kier alpha value is -1.89. The summed E-state index contributed by atoms with van der Waals surface area (Å²) in [5.41, 5.74) is 0.990. The zero-order valence-electron chi connectivity index (χ0n) is 13.1. The molecule has 2 aromatic rings. The van der Waals surface area contributed by atoms with Crippen LogP contribution in [0.5, 0.6) is 0 Å². The van der Waals surface area contributed by atoms with Crippen LogP contribution in [0.1, 0.15) is 31.5 Å². The maximum absolute atomic E-state index is 4.52. The molecule has 0 bridgehead atoms. The summed E-state index contributed by atoms with van der Waals surface area (Å²) in [4.78, 5) is 8.79. The molecule has 1 aromatic heterocycles. The summed E-state index contributed by atoms with van der Waals surface area (Å²) < 4.78 is 1.04. The van der Waals surface area contributed by atoms with Crippen molar-refractivity contribution >= 4 is 21.9 Å². The van der Waals surface area contributed by atoms with Crippen LogP contribution in [0.2, 0.25) is 0 Å². The topological polar surface area (TPSA) is 78.0 Å². The van der Waals surface area contributed by atoms with Crippen molar-refractivity contribution < 1.29 is 0 Å². The molecule has 1 aliphatic carbocycles. The average Bonchev–Trinajstić information content (AvgIpc) is 3.24. The van der Waals surface area contributed by atoms with E-state index in [0.717, 1.165) is 21.8 Å². The second-order valence-corrected chi connectivity index (χ2v) is 6.58. The van der Waals surface area contributed by atoms with E-state index in [9.17, 15) is 0 Å². The minimum absolute atomic E-state index is 0.536. The normalized spacial score (nSPS) is 15.8. The standard InChI is InChI=1S/C16H21BrN6/c1-18-16(20-13-4-2-3-5-13)19-10-14-21-15(23-22-14)11-6-8-12(17)9-7-11/h6-9,13H,2-5,10H2,1H3,(H2,18,19,20)(H,21,22,23). The Bertz CT molecular complexity index is 657. The third-order valence-corrected chi connectivity index (χ3v) is 4.51. The summed E-state index contributed by atoms with van der Waals surface area (Å²) in [6.07, 6.45) is 5.04. The number of nitrogens with one attached hydrogen (secondary N) is 3. The van der Waals surface area contributed by atoms with E-state index in [-0.39, 0.29) is 0 Å². The van der Waals surface area contributed by atoms with E-state index >= 15 is 0 Å². The average molecular weight is 377 g/mol. The number of aromatic nitrogens is 3. The zero-order valence-corrected chi connectivity index (χ0v) is 14.7. The van der Waals surface area contributed by atoms with E-state index in [1.54, 1.807) is 7.05 Å². The predicted octanol–water partition coefficient (Wildman–Crippen LogP) is 2.84. The largest absolute Gasteiger partial charge is 0.354 e. The lowest BCUT2D eigenvalue weighted by atomic mass is 10.2. The van der Waals surface area contributed by atoms with Gasteiger partial charge in [-0.3, -0.25) is 10.1 Å². The fraction of sp³-hybridized carbons (Fsp3) is 0.438. The summed E-state index contributed by atoms with van der Waals surface area (Å²) in [6.45, 7) is 0.565. The molecule has 3 N–H and O–H groups in total. The molecule has 0 unspecified atom stereocenters. The van der Waals surface area contributed by atoms with Crippen molar-refractivity contribution in [1.29, 1.82) is 0 Å². The Morgan fingerprint density at radius 1 is 1.30 bits per heavy atom. The van der Waals surface area contributed by atoms with Crippen molar-refractivity contribution in [2.24, 2.45) is 4.99 Å². The van der Waals surface area contributed by atoms with Crippen LogP contribution < -0.4 is 10.6 Å². The van der Waals surface area contributed by atoms with Crippen LogP contribution in [0.15, 0.2) is 33.7 Å². The van der Waals surface area contributed by atoms with E-state index in [1.165, 1.54) is 25.7 Å². The molecule has 1 aliphatic rings. The highest BCUT2D eigenvalue weighted by Gasteiger charge is 2.16. The van der Waals surface area contributed by atoms with Crippen LogP contribution in [0, 0.1) is 0 Å². The van der Waals surface area contributed by atoms with Crippen molar-refractivity contribution in [3.63, 3.8) is 0 Å². The van der Waals surface area contributed by atoms with Gasteiger partial charge >= 0.3 is 0 Å². The second-order valence-electron chi connectivity index (χ2n) is 5.66. The van der Waals surface area contributed by atoms with Gasteiger partial charge in [0.1, 0.15) is 5.82 Å². The van der Waals surface area contributed by atoms with E-state index in [0.29, 0.717) is 18.4 Å². The first-order valence-corrected chi connectivity index (χ1v) is 8.68. The van der Waals surface area contributed by atoms with Crippen LogP contribution in [0.3, 0.4) is 0 Å². The lowest BCUT2D eigenvalue weighted by molar-refractivity contribution is 0.611. The van der Waals surface area contributed by atoms with E-state index in [4.69, 9.17) is 0 Å². The molecule has 0 atom stereocenters. The molecule has 7 heteroatoms. The number of halogens is 1. The fourth-order valence-corrected chi connectivity index (χ4v) is 2.99. The summed E-state index contributed by atoms with van der Waals surface area (Å²) in [5, 5.41) is 14.0. The molecule has 0 amide bonds. The number of hydrogen-bond donors (Lipinski definition) is 3. The van der Waals surface area contributed by atoms with Crippen LogP contribution in [-0.2, 0) is 6.54 Å². The molecule has 1 heterocycles. The number of aliphatic imine (C=N–C) groups is 1. The molecule has 1 aromatic carbocycles. The number of rotatable bonds is 4. The smallest absolute Gasteiger partial charge is 0.191 e. The Morgan fingerprint density at radius 2 is 2.04 bits per heavy atom. The highest BCUT2D eigenvalue weighted by Crippen LogP contribution is 2.18. The maximum Gasteiger partial charge on any atom is 0.191 e. The van der Waals surface area contributed by atoms with Crippen molar-refractivity contribution in [3.8, 4) is 11.4 Å². The molecule has 1 fully saturated rings. The lowest BCUT2D eigenvalue weighted by Crippen LogP contribution is -2.42. The minimum atomic E-state index is 0.536. The van der Waals surface area contributed by atoms with Gasteiger partial charge in [-0.2, -0.15) is 5.10 Å². The van der Waals surface area contributed by atoms with Crippen LogP contribution in [0.25, 0.3) is 11.4 Å².